The van der Waals surface area contributed by atoms with Crippen LogP contribution in [0.2, 0.25) is 0 Å². The summed E-state index contributed by atoms with van der Waals surface area (Å²) in [5.41, 5.74) is 0.600. The van der Waals surface area contributed by atoms with Crippen molar-refractivity contribution in [1.82, 2.24) is 10.2 Å². The van der Waals surface area contributed by atoms with E-state index in [1.54, 1.807) is 0 Å². The van der Waals surface area contributed by atoms with Crippen molar-refractivity contribution in [2.45, 2.75) is 58.7 Å². The molecule has 0 radical (unpaired) electrons. The Morgan fingerprint density at radius 3 is 2.46 bits per heavy atom. The summed E-state index contributed by atoms with van der Waals surface area (Å²) in [5.74, 6) is 0.227. The maximum absolute atomic E-state index is 12.4. The highest BCUT2D eigenvalue weighted by Gasteiger charge is 2.36. The molecule has 1 aromatic carbocycles. The van der Waals surface area contributed by atoms with Gasteiger partial charge < -0.3 is 15.0 Å². The number of carbonyl (C=O) groups excluding carboxylic acids is 2. The highest BCUT2D eigenvalue weighted by atomic mass is 16.6. The second kappa shape index (κ2) is 7.24. The van der Waals surface area contributed by atoms with Crippen molar-refractivity contribution in [2.75, 3.05) is 6.54 Å². The van der Waals surface area contributed by atoms with E-state index in [2.05, 4.69) is 5.32 Å². The molecule has 0 saturated carbocycles. The Bertz CT molecular complexity index is 580. The average Bonchev–Trinajstić information content (AvgIpc) is 2.87. The molecule has 5 nitrogen and oxygen atoms in total. The second-order valence-electron chi connectivity index (χ2n) is 7.53. The van der Waals surface area contributed by atoms with Crippen LogP contribution in [0, 0.1) is 5.92 Å². The van der Waals surface area contributed by atoms with Crippen molar-refractivity contribution >= 4 is 12.0 Å². The molecule has 2 rings (SSSR count). The molecule has 0 spiro atoms. The number of ether oxygens (including phenoxy) is 1. The first-order valence-electron chi connectivity index (χ1n) is 8.51. The van der Waals surface area contributed by atoms with Crippen molar-refractivity contribution in [3.63, 3.8) is 0 Å². The van der Waals surface area contributed by atoms with Gasteiger partial charge in [-0.2, -0.15) is 0 Å². The molecule has 5 heteroatoms. The number of benzene rings is 1. The molecular formula is C19H28N2O3. The zero-order chi connectivity index (χ0) is 17.9. The van der Waals surface area contributed by atoms with Crippen LogP contribution in [0.4, 0.5) is 4.79 Å². The molecule has 3 atom stereocenters. The van der Waals surface area contributed by atoms with Gasteiger partial charge in [0.05, 0.1) is 6.04 Å². The Balaban J connectivity index is 1.95. The standard InChI is InChI=1S/C19H28N2O3/c1-13(20-18(23)24-19(3,4)5)16-11-17(22)21(12-16)14(2)15-9-7-6-8-10-15/h6-10,13-14,16H,11-12H2,1-5H3,(H,20,23)/t13-,14+,16-/m0/s1. The van der Waals surface area contributed by atoms with Crippen LogP contribution in [0.1, 0.15) is 52.6 Å². The Hall–Kier alpha value is -2.04. The molecule has 1 heterocycles. The highest BCUT2D eigenvalue weighted by molar-refractivity contribution is 5.79. The van der Waals surface area contributed by atoms with E-state index < -0.39 is 11.7 Å². The van der Waals surface area contributed by atoms with Gasteiger partial charge >= 0.3 is 6.09 Å². The molecule has 1 aliphatic rings. The highest BCUT2D eigenvalue weighted by Crippen LogP contribution is 2.30. The smallest absolute Gasteiger partial charge is 0.407 e. The average molecular weight is 332 g/mol. The van der Waals surface area contributed by atoms with E-state index in [-0.39, 0.29) is 23.9 Å². The second-order valence-corrected chi connectivity index (χ2v) is 7.53. The molecule has 2 amide bonds. The van der Waals surface area contributed by atoms with Crippen LogP contribution in [0.15, 0.2) is 30.3 Å². The molecule has 0 aliphatic carbocycles. The molecule has 1 aliphatic heterocycles. The van der Waals surface area contributed by atoms with Gasteiger partial charge in [-0.3, -0.25) is 4.79 Å². The third-order valence-electron chi connectivity index (χ3n) is 4.39. The number of nitrogens with one attached hydrogen (secondary N) is 1. The van der Waals surface area contributed by atoms with Crippen molar-refractivity contribution < 1.29 is 14.3 Å². The predicted octanol–water partition coefficient (Wildman–Crippen LogP) is 3.51. The minimum atomic E-state index is -0.525. The van der Waals surface area contributed by atoms with E-state index in [1.807, 2.05) is 69.9 Å². The van der Waals surface area contributed by atoms with Crippen LogP contribution < -0.4 is 5.32 Å². The molecule has 0 unspecified atom stereocenters. The normalized spacial score (nSPS) is 20.6. The SMILES string of the molecule is C[C@H](NC(=O)OC(C)(C)C)[C@H]1CC(=O)N([C@H](C)c2ccccc2)C1. The van der Waals surface area contributed by atoms with Gasteiger partial charge in [-0.15, -0.1) is 0 Å². The number of hydrogen-bond donors (Lipinski definition) is 1. The van der Waals surface area contributed by atoms with Gasteiger partial charge in [-0.25, -0.2) is 4.79 Å². The lowest BCUT2D eigenvalue weighted by molar-refractivity contribution is -0.129. The van der Waals surface area contributed by atoms with E-state index in [0.717, 1.165) is 5.56 Å². The quantitative estimate of drug-likeness (QED) is 0.918. The summed E-state index contributed by atoms with van der Waals surface area (Å²) in [4.78, 5) is 26.2. The lowest BCUT2D eigenvalue weighted by atomic mass is 10.0. The fourth-order valence-electron chi connectivity index (χ4n) is 2.99. The van der Waals surface area contributed by atoms with E-state index >= 15 is 0 Å². The fourth-order valence-corrected chi connectivity index (χ4v) is 2.99. The van der Waals surface area contributed by atoms with E-state index in [9.17, 15) is 9.59 Å². The fraction of sp³-hybridized carbons (Fsp3) is 0.579. The lowest BCUT2D eigenvalue weighted by Gasteiger charge is -2.27. The number of nitrogens with zero attached hydrogens (tertiary/aromatic N) is 1. The molecule has 1 aromatic rings. The Kier molecular flexibility index (Phi) is 5.52. The first kappa shape index (κ1) is 18.3. The van der Waals surface area contributed by atoms with Gasteiger partial charge in [0.15, 0.2) is 0 Å². The molecule has 132 valence electrons. The zero-order valence-electron chi connectivity index (χ0n) is 15.2. The van der Waals surface area contributed by atoms with Crippen molar-refractivity contribution in [1.29, 1.82) is 0 Å². The summed E-state index contributed by atoms with van der Waals surface area (Å²) in [7, 11) is 0. The van der Waals surface area contributed by atoms with Crippen molar-refractivity contribution in [3.8, 4) is 0 Å². The Labute approximate surface area is 144 Å². The minimum Gasteiger partial charge on any atom is -0.444 e. The summed E-state index contributed by atoms with van der Waals surface area (Å²) in [6, 6.07) is 9.93. The first-order chi connectivity index (χ1) is 11.2. The number of rotatable bonds is 4. The maximum atomic E-state index is 12.4. The molecule has 1 N–H and O–H groups in total. The number of amides is 2. The van der Waals surface area contributed by atoms with Crippen LogP contribution in [0.25, 0.3) is 0 Å². The first-order valence-corrected chi connectivity index (χ1v) is 8.51. The van der Waals surface area contributed by atoms with Gasteiger partial charge in [0, 0.05) is 24.9 Å². The van der Waals surface area contributed by atoms with Crippen molar-refractivity contribution in [2.24, 2.45) is 5.92 Å². The van der Waals surface area contributed by atoms with Gasteiger partial charge in [0.25, 0.3) is 0 Å². The summed E-state index contributed by atoms with van der Waals surface area (Å²) in [5, 5.41) is 2.86. The van der Waals surface area contributed by atoms with Crippen LogP contribution in [0.5, 0.6) is 0 Å². The van der Waals surface area contributed by atoms with Gasteiger partial charge in [0.1, 0.15) is 5.60 Å². The van der Waals surface area contributed by atoms with E-state index in [0.29, 0.717) is 13.0 Å². The third kappa shape index (κ3) is 4.73. The van der Waals surface area contributed by atoms with Crippen LogP contribution in [-0.4, -0.2) is 35.1 Å². The van der Waals surface area contributed by atoms with E-state index in [4.69, 9.17) is 4.74 Å². The predicted molar refractivity (Wildman–Crippen MR) is 93.5 cm³/mol. The van der Waals surface area contributed by atoms with Crippen LogP contribution >= 0.6 is 0 Å². The summed E-state index contributed by atoms with van der Waals surface area (Å²) in [6.45, 7) is 10.1. The Morgan fingerprint density at radius 1 is 1.25 bits per heavy atom. The van der Waals surface area contributed by atoms with Crippen LogP contribution in [0.3, 0.4) is 0 Å². The van der Waals surface area contributed by atoms with Gasteiger partial charge in [-0.05, 0) is 40.2 Å². The van der Waals surface area contributed by atoms with Gasteiger partial charge in [0.2, 0.25) is 5.91 Å². The number of carbonyl (C=O) groups is 2. The summed E-state index contributed by atoms with van der Waals surface area (Å²) in [6.07, 6.45) is 0.0192. The van der Waals surface area contributed by atoms with Gasteiger partial charge in [-0.1, -0.05) is 30.3 Å². The lowest BCUT2D eigenvalue weighted by Crippen LogP contribution is -2.42. The summed E-state index contributed by atoms with van der Waals surface area (Å²) < 4.78 is 5.29. The monoisotopic (exact) mass is 332 g/mol. The maximum Gasteiger partial charge on any atom is 0.407 e. The number of likely N-dealkylation sites (tertiary alicyclic amines) is 1. The van der Waals surface area contributed by atoms with Crippen molar-refractivity contribution in [3.05, 3.63) is 35.9 Å². The summed E-state index contributed by atoms with van der Waals surface area (Å²) >= 11 is 0. The molecule has 1 saturated heterocycles. The largest absolute Gasteiger partial charge is 0.444 e. The van der Waals surface area contributed by atoms with E-state index in [1.165, 1.54) is 0 Å². The molecule has 24 heavy (non-hydrogen) atoms. The number of hydrogen-bond acceptors (Lipinski definition) is 3. The molecule has 0 aromatic heterocycles. The van der Waals surface area contributed by atoms with Crippen LogP contribution in [-0.2, 0) is 9.53 Å². The zero-order valence-corrected chi connectivity index (χ0v) is 15.2. The third-order valence-corrected chi connectivity index (χ3v) is 4.39. The molecule has 1 fully saturated rings. The topological polar surface area (TPSA) is 58.6 Å². The minimum absolute atomic E-state index is 0.0393. The number of alkyl carbamates (subject to hydrolysis) is 1. The molecular weight excluding hydrogens is 304 g/mol. The Morgan fingerprint density at radius 2 is 1.88 bits per heavy atom. The molecule has 0 bridgehead atoms.